The molecule has 4 aliphatic carbocycles. The van der Waals surface area contributed by atoms with Gasteiger partial charge in [-0.2, -0.15) is 0 Å². The summed E-state index contributed by atoms with van der Waals surface area (Å²) in [6.07, 6.45) is 16.1. The van der Waals surface area contributed by atoms with Gasteiger partial charge in [0.15, 0.2) is 0 Å². The van der Waals surface area contributed by atoms with Gasteiger partial charge in [-0.1, -0.05) is 46.5 Å². The van der Waals surface area contributed by atoms with Crippen LogP contribution in [0.5, 0.6) is 0 Å². The Morgan fingerprint density at radius 1 is 0.826 bits per heavy atom. The first-order chi connectivity index (χ1) is 10.9. The van der Waals surface area contributed by atoms with Crippen molar-refractivity contribution in [3.8, 4) is 0 Å². The van der Waals surface area contributed by atoms with Gasteiger partial charge in [0, 0.05) is 0 Å². The van der Waals surface area contributed by atoms with Crippen LogP contribution in [0.15, 0.2) is 0 Å². The Morgan fingerprint density at radius 3 is 2.39 bits per heavy atom. The molecule has 4 rings (SSSR count). The van der Waals surface area contributed by atoms with Crippen LogP contribution in [0.3, 0.4) is 0 Å². The molecule has 0 bridgehead atoms. The van der Waals surface area contributed by atoms with E-state index in [1.807, 2.05) is 0 Å². The Kier molecular flexibility index (Phi) is 3.91. The van der Waals surface area contributed by atoms with Crippen molar-refractivity contribution >= 4 is 0 Å². The summed E-state index contributed by atoms with van der Waals surface area (Å²) in [4.78, 5) is 0. The molecule has 7 atom stereocenters. The molecule has 0 aliphatic heterocycles. The van der Waals surface area contributed by atoms with Crippen LogP contribution in [0.25, 0.3) is 0 Å². The quantitative estimate of drug-likeness (QED) is 0.667. The van der Waals surface area contributed by atoms with Crippen LogP contribution in [-0.4, -0.2) is 10.7 Å². The summed E-state index contributed by atoms with van der Waals surface area (Å²) in [7, 11) is 0. The van der Waals surface area contributed by atoms with Crippen LogP contribution in [0.4, 0.5) is 0 Å². The third kappa shape index (κ3) is 2.14. The fraction of sp³-hybridized carbons (Fsp3) is 1.00. The molecule has 4 saturated carbocycles. The fourth-order valence-electron chi connectivity index (χ4n) is 8.30. The summed E-state index contributed by atoms with van der Waals surface area (Å²) < 4.78 is 0. The fourth-order valence-corrected chi connectivity index (χ4v) is 8.30. The van der Waals surface area contributed by atoms with Gasteiger partial charge in [0.2, 0.25) is 0 Å². The third-order valence-electron chi connectivity index (χ3n) is 9.49. The van der Waals surface area contributed by atoms with Crippen LogP contribution in [0.2, 0.25) is 0 Å². The summed E-state index contributed by atoms with van der Waals surface area (Å²) >= 11 is 0. The predicted molar refractivity (Wildman–Crippen MR) is 96.2 cm³/mol. The highest BCUT2D eigenvalue weighted by Crippen LogP contribution is 2.69. The molecule has 0 aromatic rings. The number of hydrogen-bond acceptors (Lipinski definition) is 1. The maximum absolute atomic E-state index is 12.0. The smallest absolute Gasteiger partial charge is 0.0714 e. The first kappa shape index (κ1) is 16.4. The van der Waals surface area contributed by atoms with Crippen LogP contribution in [-0.2, 0) is 0 Å². The minimum absolute atomic E-state index is 0.335. The van der Waals surface area contributed by atoms with Crippen molar-refractivity contribution in [3.63, 3.8) is 0 Å². The minimum Gasteiger partial charge on any atom is -0.389 e. The van der Waals surface area contributed by atoms with E-state index in [1.54, 1.807) is 0 Å². The zero-order chi connectivity index (χ0) is 16.3. The Hall–Kier alpha value is -0.0400. The molecule has 4 aliphatic rings. The minimum atomic E-state index is -0.335. The highest BCUT2D eigenvalue weighted by molar-refractivity contribution is 5.15. The van der Waals surface area contributed by atoms with Gasteiger partial charge in [0.25, 0.3) is 0 Å². The van der Waals surface area contributed by atoms with E-state index in [-0.39, 0.29) is 5.60 Å². The van der Waals surface area contributed by atoms with Crippen LogP contribution < -0.4 is 0 Å². The summed E-state index contributed by atoms with van der Waals surface area (Å²) in [5.41, 5.74) is 0.534. The Bertz CT molecular complexity index is 459. The molecule has 1 N–H and O–H groups in total. The van der Waals surface area contributed by atoms with Gasteiger partial charge in [-0.25, -0.2) is 0 Å². The first-order valence-electron chi connectivity index (χ1n) is 10.7. The number of rotatable bonds is 2. The predicted octanol–water partition coefficient (Wildman–Crippen LogP) is 5.95. The summed E-state index contributed by atoms with van der Waals surface area (Å²) in [6, 6.07) is 0. The van der Waals surface area contributed by atoms with E-state index in [4.69, 9.17) is 0 Å². The largest absolute Gasteiger partial charge is 0.389 e. The number of aliphatic hydroxyl groups is 1. The van der Waals surface area contributed by atoms with Crippen molar-refractivity contribution in [2.24, 2.45) is 34.5 Å². The lowest BCUT2D eigenvalue weighted by atomic mass is 9.43. The molecule has 0 amide bonds. The first-order valence-corrected chi connectivity index (χ1v) is 10.7. The van der Waals surface area contributed by atoms with Gasteiger partial charge < -0.3 is 5.11 Å². The van der Waals surface area contributed by atoms with Crippen LogP contribution in [0.1, 0.15) is 97.8 Å². The molecule has 0 saturated heterocycles. The maximum atomic E-state index is 12.0. The van der Waals surface area contributed by atoms with Crippen LogP contribution in [0, 0.1) is 34.5 Å². The standard InChI is InChI=1S/C22H38O/c1-4-7-16-9-10-18-21(16,3)14-12-19-20(2)13-6-5-8-17(20)11-15-22(18,19)23/h16-19,23H,4-15H2,1-3H3/t16-,17?,18+,19+,20-,21+,22+/m0/s1. The highest BCUT2D eigenvalue weighted by Gasteiger charge is 2.65. The van der Waals surface area contributed by atoms with Crippen molar-refractivity contribution in [2.45, 2.75) is 103 Å². The van der Waals surface area contributed by atoms with Gasteiger partial charge in [-0.3, -0.25) is 0 Å². The van der Waals surface area contributed by atoms with E-state index in [2.05, 4.69) is 20.8 Å². The molecule has 0 heterocycles. The Balaban J connectivity index is 1.66. The second-order valence-electron chi connectivity index (χ2n) is 10.2. The molecule has 23 heavy (non-hydrogen) atoms. The van der Waals surface area contributed by atoms with Crippen molar-refractivity contribution < 1.29 is 5.11 Å². The molecule has 1 nitrogen and oxygen atoms in total. The molecule has 0 aromatic heterocycles. The number of fused-ring (bicyclic) bond motifs is 5. The summed E-state index contributed by atoms with van der Waals surface area (Å²) in [5, 5.41) is 12.0. The van der Waals surface area contributed by atoms with E-state index in [0.29, 0.717) is 22.7 Å². The van der Waals surface area contributed by atoms with E-state index < -0.39 is 0 Å². The van der Waals surface area contributed by atoms with Crippen molar-refractivity contribution in [3.05, 3.63) is 0 Å². The van der Waals surface area contributed by atoms with Gasteiger partial charge in [-0.15, -0.1) is 0 Å². The third-order valence-corrected chi connectivity index (χ3v) is 9.49. The monoisotopic (exact) mass is 318 g/mol. The molecule has 4 fully saturated rings. The van der Waals surface area contributed by atoms with E-state index >= 15 is 0 Å². The Morgan fingerprint density at radius 2 is 1.61 bits per heavy atom. The van der Waals surface area contributed by atoms with Gasteiger partial charge in [0.1, 0.15) is 0 Å². The average molecular weight is 319 g/mol. The molecule has 0 radical (unpaired) electrons. The molecule has 1 unspecified atom stereocenters. The molecule has 0 aromatic carbocycles. The maximum Gasteiger partial charge on any atom is 0.0714 e. The summed E-state index contributed by atoms with van der Waals surface area (Å²) in [6.45, 7) is 7.45. The van der Waals surface area contributed by atoms with Gasteiger partial charge >= 0.3 is 0 Å². The van der Waals surface area contributed by atoms with Crippen molar-refractivity contribution in [2.75, 3.05) is 0 Å². The van der Waals surface area contributed by atoms with E-state index in [0.717, 1.165) is 18.3 Å². The summed E-state index contributed by atoms with van der Waals surface area (Å²) in [5.74, 6) is 2.95. The second kappa shape index (κ2) is 5.48. The lowest BCUT2D eigenvalue weighted by molar-refractivity contribution is -0.220. The average Bonchev–Trinajstić information content (AvgIpc) is 2.85. The highest BCUT2D eigenvalue weighted by atomic mass is 16.3. The van der Waals surface area contributed by atoms with Gasteiger partial charge in [-0.05, 0) is 85.9 Å². The van der Waals surface area contributed by atoms with Crippen molar-refractivity contribution in [1.82, 2.24) is 0 Å². The molecular formula is C22H38O. The second-order valence-corrected chi connectivity index (χ2v) is 10.2. The van der Waals surface area contributed by atoms with E-state index in [1.165, 1.54) is 70.6 Å². The normalized spacial score (nSPS) is 55.8. The van der Waals surface area contributed by atoms with E-state index in [9.17, 15) is 5.11 Å². The molecule has 132 valence electrons. The molecule has 1 heteroatoms. The zero-order valence-corrected chi connectivity index (χ0v) is 15.7. The van der Waals surface area contributed by atoms with Crippen molar-refractivity contribution in [1.29, 1.82) is 0 Å². The lowest BCUT2D eigenvalue weighted by Crippen LogP contribution is -2.63. The van der Waals surface area contributed by atoms with Crippen LogP contribution >= 0.6 is 0 Å². The number of hydrogen-bond donors (Lipinski definition) is 1. The lowest BCUT2D eigenvalue weighted by Gasteiger charge is -2.64. The topological polar surface area (TPSA) is 20.2 Å². The zero-order valence-electron chi connectivity index (χ0n) is 15.7. The molecule has 0 spiro atoms. The SMILES string of the molecule is CCC[C@H]1CC[C@@H]2[C@]1(C)CC[C@H]1[C@@]2(O)CCC2CCCC[C@@]21C. The molecular weight excluding hydrogens is 280 g/mol. The van der Waals surface area contributed by atoms with Gasteiger partial charge in [0.05, 0.1) is 5.60 Å². The Labute approximate surface area is 143 Å².